The standard InChI is InChI=1S/C12H18F3NO7S2/c1-8(2)11(17)22-9-4-6-10(7-5-9)24(18,19)16(3)23-25(20,21)12(13,14)15/h9-10H,1,4-7H2,2-3H3. The van der Waals surface area contributed by atoms with Crippen LogP contribution in [-0.4, -0.2) is 51.2 Å². The molecule has 1 saturated carbocycles. The lowest BCUT2D eigenvalue weighted by molar-refractivity contribution is -0.145. The fraction of sp³-hybridized carbons (Fsp3) is 0.750. The summed E-state index contributed by atoms with van der Waals surface area (Å²) in [4.78, 5) is 11.4. The van der Waals surface area contributed by atoms with E-state index in [1.54, 1.807) is 0 Å². The van der Waals surface area contributed by atoms with E-state index in [0.717, 1.165) is 0 Å². The number of halogens is 3. The van der Waals surface area contributed by atoms with Crippen LogP contribution in [0.4, 0.5) is 13.2 Å². The number of hydrogen-bond acceptors (Lipinski definition) is 7. The predicted molar refractivity (Wildman–Crippen MR) is 79.7 cm³/mol. The highest BCUT2D eigenvalue weighted by Gasteiger charge is 2.50. The monoisotopic (exact) mass is 409 g/mol. The van der Waals surface area contributed by atoms with Crippen LogP contribution in [0, 0.1) is 0 Å². The first kappa shape index (κ1) is 21.9. The number of sulfonamides is 1. The predicted octanol–water partition coefficient (Wildman–Crippen LogP) is 1.46. The number of esters is 1. The number of carbonyl (C=O) groups excluding carboxylic acids is 1. The average molecular weight is 409 g/mol. The van der Waals surface area contributed by atoms with Gasteiger partial charge in [0.25, 0.3) is 0 Å². The number of hydrogen-bond donors (Lipinski definition) is 0. The van der Waals surface area contributed by atoms with Crippen molar-refractivity contribution in [2.45, 2.75) is 49.5 Å². The van der Waals surface area contributed by atoms with Crippen molar-refractivity contribution in [2.75, 3.05) is 7.05 Å². The largest absolute Gasteiger partial charge is 0.524 e. The van der Waals surface area contributed by atoms with Crippen LogP contribution < -0.4 is 0 Å². The molecule has 146 valence electrons. The van der Waals surface area contributed by atoms with Gasteiger partial charge in [0.15, 0.2) is 0 Å². The zero-order valence-corrected chi connectivity index (χ0v) is 15.1. The highest BCUT2D eigenvalue weighted by molar-refractivity contribution is 7.91. The van der Waals surface area contributed by atoms with Gasteiger partial charge in [-0.1, -0.05) is 11.0 Å². The third kappa shape index (κ3) is 5.39. The van der Waals surface area contributed by atoms with Gasteiger partial charge in [-0.15, -0.1) is 0 Å². The Morgan fingerprint density at radius 3 is 2.00 bits per heavy atom. The SMILES string of the molecule is C=C(C)C(=O)OC1CCC(S(=O)(=O)N(C)OS(=O)(=O)C(F)(F)F)CC1. The number of rotatable bonds is 6. The van der Waals surface area contributed by atoms with Gasteiger partial charge >= 0.3 is 21.6 Å². The lowest BCUT2D eigenvalue weighted by Crippen LogP contribution is -2.42. The molecule has 0 radical (unpaired) electrons. The summed E-state index contributed by atoms with van der Waals surface area (Å²) in [5, 5.41) is -1.15. The van der Waals surface area contributed by atoms with Crippen LogP contribution in [0.5, 0.6) is 0 Å². The molecule has 25 heavy (non-hydrogen) atoms. The maximum Gasteiger partial charge on any atom is 0.524 e. The van der Waals surface area contributed by atoms with E-state index in [1.165, 1.54) is 6.92 Å². The third-order valence-corrected chi connectivity index (χ3v) is 6.70. The third-order valence-electron chi connectivity index (χ3n) is 3.51. The van der Waals surface area contributed by atoms with Crippen molar-refractivity contribution in [2.24, 2.45) is 0 Å². The summed E-state index contributed by atoms with van der Waals surface area (Å²) in [6, 6.07) is 0. The molecule has 0 N–H and O–H groups in total. The van der Waals surface area contributed by atoms with E-state index in [9.17, 15) is 34.8 Å². The minimum Gasteiger partial charge on any atom is -0.459 e. The quantitative estimate of drug-likeness (QED) is 0.283. The van der Waals surface area contributed by atoms with Gasteiger partial charge in [-0.2, -0.15) is 25.9 Å². The van der Waals surface area contributed by atoms with Crippen LogP contribution in [0.15, 0.2) is 12.2 Å². The summed E-state index contributed by atoms with van der Waals surface area (Å²) in [5.74, 6) is -0.622. The molecule has 0 spiro atoms. The highest BCUT2D eigenvalue weighted by Crippen LogP contribution is 2.30. The van der Waals surface area contributed by atoms with Gasteiger partial charge in [0, 0.05) is 12.6 Å². The highest BCUT2D eigenvalue weighted by atomic mass is 32.2. The molecule has 0 unspecified atom stereocenters. The van der Waals surface area contributed by atoms with Crippen molar-refractivity contribution in [3.8, 4) is 0 Å². The fourth-order valence-electron chi connectivity index (χ4n) is 2.13. The Bertz CT molecular complexity index is 722. The van der Waals surface area contributed by atoms with Crippen LogP contribution in [0.1, 0.15) is 32.6 Å². The molecule has 0 aromatic rings. The van der Waals surface area contributed by atoms with Crippen molar-refractivity contribution in [3.63, 3.8) is 0 Å². The van der Waals surface area contributed by atoms with Crippen LogP contribution in [-0.2, 0) is 34.0 Å². The summed E-state index contributed by atoms with van der Waals surface area (Å²) in [6.07, 6.45) is -0.293. The van der Waals surface area contributed by atoms with E-state index in [-0.39, 0.29) is 35.7 Å². The van der Waals surface area contributed by atoms with Gasteiger partial charge in [-0.3, -0.25) is 0 Å². The molecular weight excluding hydrogens is 391 g/mol. The lowest BCUT2D eigenvalue weighted by Gasteiger charge is -2.30. The molecule has 0 heterocycles. The van der Waals surface area contributed by atoms with Crippen molar-refractivity contribution in [3.05, 3.63) is 12.2 Å². The summed E-state index contributed by atoms with van der Waals surface area (Å²) >= 11 is 0. The van der Waals surface area contributed by atoms with Gasteiger partial charge in [0.05, 0.1) is 5.25 Å². The van der Waals surface area contributed by atoms with E-state index in [2.05, 4.69) is 10.9 Å². The Hall–Kier alpha value is -1.18. The molecule has 0 aromatic carbocycles. The van der Waals surface area contributed by atoms with Crippen LogP contribution in [0.25, 0.3) is 0 Å². The fourth-order valence-corrected chi connectivity index (χ4v) is 4.36. The second-order valence-electron chi connectivity index (χ2n) is 5.51. The summed E-state index contributed by atoms with van der Waals surface area (Å²) in [7, 11) is -9.96. The Morgan fingerprint density at radius 2 is 1.60 bits per heavy atom. The van der Waals surface area contributed by atoms with Gasteiger partial charge in [0.2, 0.25) is 10.0 Å². The second-order valence-corrected chi connectivity index (χ2v) is 9.24. The second kappa shape index (κ2) is 7.60. The van der Waals surface area contributed by atoms with Crippen molar-refractivity contribution < 1.29 is 43.8 Å². The maximum atomic E-state index is 12.3. The molecule has 1 fully saturated rings. The molecule has 1 rings (SSSR count). The van der Waals surface area contributed by atoms with E-state index < -0.39 is 43.0 Å². The summed E-state index contributed by atoms with van der Waals surface area (Å²) in [6.45, 7) is 4.86. The molecule has 0 bridgehead atoms. The Balaban J connectivity index is 2.72. The van der Waals surface area contributed by atoms with E-state index in [4.69, 9.17) is 4.74 Å². The van der Waals surface area contributed by atoms with Gasteiger partial charge in [-0.25, -0.2) is 13.2 Å². The number of hydroxylamine groups is 1. The molecule has 0 aromatic heterocycles. The first-order valence-electron chi connectivity index (χ1n) is 7.03. The van der Waals surface area contributed by atoms with Crippen LogP contribution >= 0.6 is 0 Å². The molecule has 0 aliphatic heterocycles. The first-order chi connectivity index (χ1) is 11.2. The molecule has 13 heteroatoms. The molecule has 8 nitrogen and oxygen atoms in total. The normalized spacial score (nSPS) is 22.6. The molecule has 0 amide bonds. The molecule has 1 aliphatic rings. The van der Waals surface area contributed by atoms with E-state index >= 15 is 0 Å². The molecule has 0 saturated heterocycles. The Morgan fingerprint density at radius 1 is 1.12 bits per heavy atom. The zero-order valence-electron chi connectivity index (χ0n) is 13.4. The zero-order chi connectivity index (χ0) is 19.6. The number of ether oxygens (including phenoxy) is 1. The minimum atomic E-state index is -6.09. The van der Waals surface area contributed by atoms with Crippen molar-refractivity contribution >= 4 is 26.1 Å². The Kier molecular flexibility index (Phi) is 6.64. The Labute approximate surface area is 143 Å². The van der Waals surface area contributed by atoms with Crippen LogP contribution in [0.3, 0.4) is 0 Å². The van der Waals surface area contributed by atoms with Gasteiger partial charge < -0.3 is 4.74 Å². The number of nitrogens with zero attached hydrogens (tertiary/aromatic N) is 1. The maximum absolute atomic E-state index is 12.3. The molecule has 1 aliphatic carbocycles. The molecule has 0 atom stereocenters. The number of carbonyl (C=O) groups is 1. The van der Waals surface area contributed by atoms with Crippen LogP contribution in [0.2, 0.25) is 0 Å². The number of alkyl halides is 3. The van der Waals surface area contributed by atoms with Crippen molar-refractivity contribution in [1.29, 1.82) is 0 Å². The topological polar surface area (TPSA) is 107 Å². The van der Waals surface area contributed by atoms with Gasteiger partial charge in [-0.05, 0) is 32.6 Å². The molecular formula is C12H18F3NO7S2. The minimum absolute atomic E-state index is 0.0315. The summed E-state index contributed by atoms with van der Waals surface area (Å²) < 4.78 is 91.4. The smallest absolute Gasteiger partial charge is 0.459 e. The first-order valence-corrected chi connectivity index (χ1v) is 9.94. The van der Waals surface area contributed by atoms with E-state index in [1.807, 2.05) is 0 Å². The van der Waals surface area contributed by atoms with E-state index in [0.29, 0.717) is 7.05 Å². The lowest BCUT2D eigenvalue weighted by atomic mass is 9.97. The average Bonchev–Trinajstić information content (AvgIpc) is 2.45. The summed E-state index contributed by atoms with van der Waals surface area (Å²) in [5.41, 5.74) is -5.56. The van der Waals surface area contributed by atoms with Gasteiger partial charge in [0.1, 0.15) is 6.10 Å². The van der Waals surface area contributed by atoms with Crippen molar-refractivity contribution in [1.82, 2.24) is 4.47 Å².